The molecule has 3 heteroatoms. The van der Waals surface area contributed by atoms with Gasteiger partial charge in [-0.3, -0.25) is 0 Å². The molecular formula is C8H18NOP. The van der Waals surface area contributed by atoms with E-state index < -0.39 is 7.14 Å². The van der Waals surface area contributed by atoms with Gasteiger partial charge in [0.1, 0.15) is 0 Å². The van der Waals surface area contributed by atoms with Crippen molar-refractivity contribution in [3.8, 4) is 0 Å². The molecule has 1 saturated carbocycles. The van der Waals surface area contributed by atoms with Crippen LogP contribution in [0, 0.1) is 5.92 Å². The summed E-state index contributed by atoms with van der Waals surface area (Å²) in [5, 5.41) is 0. The topological polar surface area (TPSA) is 43.1 Å². The summed E-state index contributed by atoms with van der Waals surface area (Å²) in [6.45, 7) is 3.60. The molecule has 0 bridgehead atoms. The zero-order valence-corrected chi connectivity index (χ0v) is 8.31. The number of nitrogens with two attached hydrogens (primary N) is 1. The van der Waals surface area contributed by atoms with E-state index in [0.29, 0.717) is 5.92 Å². The summed E-state index contributed by atoms with van der Waals surface area (Å²) in [6, 6.07) is 0. The Labute approximate surface area is 68.9 Å². The molecule has 1 rings (SSSR count). The van der Waals surface area contributed by atoms with Crippen LogP contribution in [0.15, 0.2) is 0 Å². The fourth-order valence-electron chi connectivity index (χ4n) is 1.81. The van der Waals surface area contributed by atoms with Crippen molar-refractivity contribution in [1.82, 2.24) is 0 Å². The van der Waals surface area contributed by atoms with E-state index in [1.165, 1.54) is 25.7 Å². The normalized spacial score (nSPS) is 23.9. The molecule has 1 aliphatic rings. The molecule has 0 aromatic heterocycles. The van der Waals surface area contributed by atoms with Gasteiger partial charge >= 0.3 is 0 Å². The molecule has 1 atom stereocenters. The van der Waals surface area contributed by atoms with Crippen LogP contribution in [-0.2, 0) is 4.57 Å². The molecule has 0 aliphatic heterocycles. The summed E-state index contributed by atoms with van der Waals surface area (Å²) in [6.07, 6.45) is 4.93. The molecule has 66 valence electrons. The fourth-order valence-corrected chi connectivity index (χ4v) is 3.12. The van der Waals surface area contributed by atoms with Gasteiger partial charge in [0, 0.05) is 0 Å². The lowest BCUT2D eigenvalue weighted by molar-refractivity contribution is 0.494. The minimum Gasteiger partial charge on any atom is -0.323 e. The predicted molar refractivity (Wildman–Crippen MR) is 49.4 cm³/mol. The zero-order valence-electron chi connectivity index (χ0n) is 7.42. The molecule has 0 unspecified atom stereocenters. The van der Waals surface area contributed by atoms with E-state index in [0.717, 1.165) is 0 Å². The Morgan fingerprint density at radius 3 is 2.18 bits per heavy atom. The average Bonchev–Trinajstić information content (AvgIpc) is 2.34. The van der Waals surface area contributed by atoms with Crippen LogP contribution in [0.4, 0.5) is 0 Å². The summed E-state index contributed by atoms with van der Waals surface area (Å²) in [4.78, 5) is 0. The third-order valence-corrected chi connectivity index (χ3v) is 4.46. The largest absolute Gasteiger partial charge is 0.323 e. The first-order valence-electron chi connectivity index (χ1n) is 4.32. The lowest BCUT2D eigenvalue weighted by atomic mass is 10.1. The highest BCUT2D eigenvalue weighted by molar-refractivity contribution is 7.63. The Kier molecular flexibility index (Phi) is 2.77. The van der Waals surface area contributed by atoms with E-state index in [-0.39, 0.29) is 5.78 Å². The van der Waals surface area contributed by atoms with E-state index in [2.05, 4.69) is 0 Å². The van der Waals surface area contributed by atoms with Gasteiger partial charge in [0.15, 0.2) is 0 Å². The number of rotatable bonds is 2. The van der Waals surface area contributed by atoms with Gasteiger partial charge in [-0.2, -0.15) is 0 Å². The lowest BCUT2D eigenvalue weighted by Gasteiger charge is -2.22. The zero-order chi connectivity index (χ0) is 8.48. The van der Waals surface area contributed by atoms with Gasteiger partial charge in [-0.05, 0) is 32.1 Å². The second-order valence-corrected chi connectivity index (χ2v) is 7.43. The smallest absolute Gasteiger partial charge is 0.0979 e. The van der Waals surface area contributed by atoms with Crippen molar-refractivity contribution >= 4 is 7.14 Å². The minimum absolute atomic E-state index is 0.0370. The number of hydrogen-bond donors (Lipinski definition) is 1. The summed E-state index contributed by atoms with van der Waals surface area (Å²) in [5.41, 5.74) is 5.89. The van der Waals surface area contributed by atoms with Crippen LogP contribution < -0.4 is 5.73 Å². The first-order valence-corrected chi connectivity index (χ1v) is 6.99. The molecule has 1 aliphatic carbocycles. The molecule has 0 heterocycles. The summed E-state index contributed by atoms with van der Waals surface area (Å²) < 4.78 is 11.6. The van der Waals surface area contributed by atoms with E-state index in [9.17, 15) is 4.57 Å². The lowest BCUT2D eigenvalue weighted by Crippen LogP contribution is -2.27. The molecule has 2 nitrogen and oxygen atoms in total. The highest BCUT2D eigenvalue weighted by Gasteiger charge is 2.29. The third-order valence-electron chi connectivity index (χ3n) is 2.60. The standard InChI is InChI=1S/C8H18NOP/c1-11(2,10)8(9)7-5-3-4-6-7/h7-8H,3-6,9H2,1-2H3/t8-/m1/s1. The Bertz CT molecular complexity index is 169. The molecule has 1 fully saturated rings. The van der Waals surface area contributed by atoms with Gasteiger partial charge in [0.2, 0.25) is 0 Å². The third kappa shape index (κ3) is 2.31. The molecule has 2 N–H and O–H groups in total. The van der Waals surface area contributed by atoms with Gasteiger partial charge in [0.25, 0.3) is 0 Å². The summed E-state index contributed by atoms with van der Waals surface area (Å²) in [7, 11) is -2.03. The van der Waals surface area contributed by atoms with E-state index in [4.69, 9.17) is 5.73 Å². The molecular weight excluding hydrogens is 157 g/mol. The van der Waals surface area contributed by atoms with E-state index >= 15 is 0 Å². The van der Waals surface area contributed by atoms with Crippen LogP contribution >= 0.6 is 7.14 Å². The van der Waals surface area contributed by atoms with Crippen LogP contribution in [0.25, 0.3) is 0 Å². The molecule has 0 saturated heterocycles. The predicted octanol–water partition coefficient (Wildman–Crippen LogP) is 2.08. The molecule has 0 radical (unpaired) electrons. The van der Waals surface area contributed by atoms with Crippen molar-refractivity contribution in [2.75, 3.05) is 13.3 Å². The maximum atomic E-state index is 11.6. The van der Waals surface area contributed by atoms with Crippen molar-refractivity contribution in [1.29, 1.82) is 0 Å². The van der Waals surface area contributed by atoms with E-state index in [1.807, 2.05) is 0 Å². The van der Waals surface area contributed by atoms with Crippen LogP contribution in [0.1, 0.15) is 25.7 Å². The highest BCUT2D eigenvalue weighted by atomic mass is 31.2. The van der Waals surface area contributed by atoms with Gasteiger partial charge in [-0.25, -0.2) is 0 Å². The second-order valence-electron chi connectivity index (χ2n) is 3.97. The van der Waals surface area contributed by atoms with Crippen LogP contribution in [0.3, 0.4) is 0 Å². The monoisotopic (exact) mass is 175 g/mol. The van der Waals surface area contributed by atoms with Crippen molar-refractivity contribution in [2.45, 2.75) is 31.5 Å². The van der Waals surface area contributed by atoms with Crippen molar-refractivity contribution < 1.29 is 4.57 Å². The average molecular weight is 175 g/mol. The Morgan fingerprint density at radius 2 is 1.82 bits per heavy atom. The first kappa shape index (κ1) is 9.28. The molecule has 0 spiro atoms. The molecule has 0 aromatic carbocycles. The van der Waals surface area contributed by atoms with Gasteiger partial charge in [-0.1, -0.05) is 12.8 Å². The molecule has 0 aromatic rings. The highest BCUT2D eigenvalue weighted by Crippen LogP contribution is 2.47. The van der Waals surface area contributed by atoms with E-state index in [1.54, 1.807) is 13.3 Å². The maximum absolute atomic E-state index is 11.6. The second kappa shape index (κ2) is 3.28. The molecule has 0 amide bonds. The van der Waals surface area contributed by atoms with Gasteiger partial charge < -0.3 is 10.3 Å². The summed E-state index contributed by atoms with van der Waals surface area (Å²) in [5.74, 6) is 0.501. The first-order chi connectivity index (χ1) is 5.02. The Morgan fingerprint density at radius 1 is 1.36 bits per heavy atom. The van der Waals surface area contributed by atoms with Crippen LogP contribution in [0.2, 0.25) is 0 Å². The van der Waals surface area contributed by atoms with Crippen LogP contribution in [-0.4, -0.2) is 19.1 Å². The van der Waals surface area contributed by atoms with Crippen molar-refractivity contribution in [3.05, 3.63) is 0 Å². The SMILES string of the molecule is CP(C)(=O)[C@@H](N)C1CCCC1. The van der Waals surface area contributed by atoms with Gasteiger partial charge in [0.05, 0.1) is 12.9 Å². The molecule has 11 heavy (non-hydrogen) atoms. The summed E-state index contributed by atoms with van der Waals surface area (Å²) >= 11 is 0. The maximum Gasteiger partial charge on any atom is 0.0979 e. The number of hydrogen-bond acceptors (Lipinski definition) is 2. The Balaban J connectivity index is 2.53. The van der Waals surface area contributed by atoms with Crippen LogP contribution in [0.5, 0.6) is 0 Å². The minimum atomic E-state index is -2.03. The van der Waals surface area contributed by atoms with Crippen molar-refractivity contribution in [3.63, 3.8) is 0 Å². The Hall–Kier alpha value is 0.190. The van der Waals surface area contributed by atoms with Gasteiger partial charge in [-0.15, -0.1) is 0 Å². The fraction of sp³-hybridized carbons (Fsp3) is 1.00. The quantitative estimate of drug-likeness (QED) is 0.653. The van der Waals surface area contributed by atoms with Crippen molar-refractivity contribution in [2.24, 2.45) is 11.7 Å².